The van der Waals surface area contributed by atoms with Crippen molar-refractivity contribution >= 4 is 29.2 Å². The lowest BCUT2D eigenvalue weighted by molar-refractivity contribution is -0.0587. The summed E-state index contributed by atoms with van der Waals surface area (Å²) in [5.41, 5.74) is -0.0224. The molecule has 6 nitrogen and oxygen atoms in total. The number of hydrogen-bond acceptors (Lipinski definition) is 4. The number of hydrogen-bond donors (Lipinski definition) is 2. The van der Waals surface area contributed by atoms with Crippen molar-refractivity contribution in [1.82, 2.24) is 14.8 Å². The van der Waals surface area contributed by atoms with Gasteiger partial charge in [0.15, 0.2) is 0 Å². The Kier molecular flexibility index (Phi) is 5.82. The lowest BCUT2D eigenvalue weighted by atomic mass is 9.63. The van der Waals surface area contributed by atoms with Gasteiger partial charge in [-0.05, 0) is 62.5 Å². The molecule has 30 heavy (non-hydrogen) atoms. The first-order valence-electron chi connectivity index (χ1n) is 10.9. The van der Waals surface area contributed by atoms with Gasteiger partial charge in [-0.3, -0.25) is 14.5 Å². The fourth-order valence-electron chi connectivity index (χ4n) is 6.22. The van der Waals surface area contributed by atoms with E-state index < -0.39 is 11.5 Å². The zero-order valence-corrected chi connectivity index (χ0v) is 18.2. The second kappa shape index (κ2) is 8.23. The van der Waals surface area contributed by atoms with E-state index in [1.165, 1.54) is 36.7 Å². The van der Waals surface area contributed by atoms with Crippen LogP contribution < -0.4 is 10.9 Å². The zero-order valence-electron chi connectivity index (χ0n) is 17.3. The lowest BCUT2D eigenvalue weighted by Gasteiger charge is -2.56. The topological polar surface area (TPSA) is 74.6 Å². The third-order valence-electron chi connectivity index (χ3n) is 7.41. The van der Waals surface area contributed by atoms with Crippen molar-refractivity contribution in [3.05, 3.63) is 40.2 Å². The normalized spacial score (nSPS) is 27.2. The molecule has 1 aromatic heterocycles. The molecular formula is C23H30ClN3O3. The van der Waals surface area contributed by atoms with Crippen LogP contribution in [-0.2, 0) is 7.05 Å². The van der Waals surface area contributed by atoms with E-state index in [-0.39, 0.29) is 23.7 Å². The van der Waals surface area contributed by atoms with Crippen LogP contribution in [0, 0.1) is 11.8 Å². The van der Waals surface area contributed by atoms with Gasteiger partial charge in [-0.1, -0.05) is 12.1 Å². The number of fused-ring (bicyclic) bond motifs is 1. The number of carbonyl (C=O) groups excluding carboxylic acids is 1. The number of halogens is 1. The van der Waals surface area contributed by atoms with Crippen LogP contribution in [0.3, 0.4) is 0 Å². The fraction of sp³-hybridized carbons (Fsp3) is 0.565. The van der Waals surface area contributed by atoms with Crippen molar-refractivity contribution in [1.29, 1.82) is 0 Å². The van der Waals surface area contributed by atoms with Gasteiger partial charge in [0, 0.05) is 37.6 Å². The van der Waals surface area contributed by atoms with Gasteiger partial charge < -0.3 is 15.0 Å². The predicted octanol–water partition coefficient (Wildman–Crippen LogP) is 3.05. The summed E-state index contributed by atoms with van der Waals surface area (Å²) < 4.78 is 1.42. The third-order valence-corrected chi connectivity index (χ3v) is 7.41. The van der Waals surface area contributed by atoms with Crippen molar-refractivity contribution in [2.75, 3.05) is 13.1 Å². The summed E-state index contributed by atoms with van der Waals surface area (Å²) in [5, 5.41) is 13.9. The van der Waals surface area contributed by atoms with Crippen LogP contribution in [0.2, 0.25) is 0 Å². The van der Waals surface area contributed by atoms with Crippen LogP contribution in [0.15, 0.2) is 29.1 Å². The molecule has 3 heterocycles. The number of carbonyl (C=O) groups is 1. The van der Waals surface area contributed by atoms with Gasteiger partial charge in [0.05, 0.1) is 5.52 Å². The average Bonchev–Trinajstić information content (AvgIpc) is 2.71. The quantitative estimate of drug-likeness (QED) is 0.713. The van der Waals surface area contributed by atoms with Gasteiger partial charge in [0.2, 0.25) is 0 Å². The second-order valence-corrected chi connectivity index (χ2v) is 9.17. The molecule has 2 aliphatic heterocycles. The Hall–Kier alpha value is -2.05. The van der Waals surface area contributed by atoms with Crippen LogP contribution >= 0.6 is 12.4 Å². The molecule has 2 N–H and O–H groups in total. The minimum Gasteiger partial charge on any atom is -0.506 e. The monoisotopic (exact) mass is 431 g/mol. The standard InChI is InChI=1S/C23H29N3O3.ClH/c1-25-19-6-3-2-5-18(19)21(27)20(23(25)29)22(28)24-7-4-8-26-16-10-14-9-15(12-16)13-17(26)11-14;/h2-3,5-6,14-17,27H,4,7-13H2,1H3,(H,24,28);1H. The molecule has 1 aromatic carbocycles. The summed E-state index contributed by atoms with van der Waals surface area (Å²) in [5.74, 6) is 1.17. The number of pyridine rings is 1. The van der Waals surface area contributed by atoms with Gasteiger partial charge in [0.1, 0.15) is 11.3 Å². The smallest absolute Gasteiger partial charge is 0.267 e. The molecule has 0 atom stereocenters. The lowest BCUT2D eigenvalue weighted by Crippen LogP contribution is -2.58. The van der Waals surface area contributed by atoms with Crippen LogP contribution in [-0.4, -0.2) is 45.7 Å². The van der Waals surface area contributed by atoms with Crippen LogP contribution in [0.4, 0.5) is 0 Å². The number of aryl methyl sites for hydroxylation is 1. The van der Waals surface area contributed by atoms with E-state index in [1.807, 2.05) is 0 Å². The Balaban J connectivity index is 0.00000218. The van der Waals surface area contributed by atoms with E-state index in [1.54, 1.807) is 31.3 Å². The largest absolute Gasteiger partial charge is 0.506 e. The Labute approximate surface area is 182 Å². The summed E-state index contributed by atoms with van der Waals surface area (Å²) in [7, 11) is 1.63. The number of nitrogens with one attached hydrogen (secondary N) is 1. The maximum Gasteiger partial charge on any atom is 0.267 e. The molecule has 0 radical (unpaired) electrons. The molecule has 4 aliphatic rings. The third kappa shape index (κ3) is 3.50. The molecule has 2 saturated heterocycles. The maximum absolute atomic E-state index is 12.7. The second-order valence-electron chi connectivity index (χ2n) is 9.17. The van der Waals surface area contributed by atoms with Crippen molar-refractivity contribution in [2.45, 2.75) is 50.6 Å². The highest BCUT2D eigenvalue weighted by Gasteiger charge is 2.46. The van der Waals surface area contributed by atoms with Crippen LogP contribution in [0.25, 0.3) is 10.9 Å². The van der Waals surface area contributed by atoms with Gasteiger partial charge in [-0.15, -0.1) is 12.4 Å². The molecule has 2 aromatic rings. The molecule has 4 bridgehead atoms. The summed E-state index contributed by atoms with van der Waals surface area (Å²) in [6.07, 6.45) is 7.70. The van der Waals surface area contributed by atoms with Gasteiger partial charge in [-0.2, -0.15) is 0 Å². The van der Waals surface area contributed by atoms with Crippen LogP contribution in [0.5, 0.6) is 5.75 Å². The van der Waals surface area contributed by atoms with Crippen molar-refractivity contribution in [3.63, 3.8) is 0 Å². The van der Waals surface area contributed by atoms with E-state index in [0.29, 0.717) is 17.4 Å². The first-order chi connectivity index (χ1) is 14.0. The summed E-state index contributed by atoms with van der Waals surface area (Å²) in [4.78, 5) is 28.0. The van der Waals surface area contributed by atoms with Crippen molar-refractivity contribution < 1.29 is 9.90 Å². The molecule has 1 amide bonds. The minimum atomic E-state index is -0.492. The van der Waals surface area contributed by atoms with E-state index in [0.717, 1.165) is 36.9 Å². The first-order valence-corrected chi connectivity index (χ1v) is 10.9. The SMILES string of the molecule is Cl.Cn1c(=O)c(C(=O)NCCCN2C3CC4CC(C3)CC2C4)c(O)c2ccccc21. The predicted molar refractivity (Wildman–Crippen MR) is 119 cm³/mol. The Morgan fingerprint density at radius 3 is 2.40 bits per heavy atom. The van der Waals surface area contributed by atoms with Crippen molar-refractivity contribution in [2.24, 2.45) is 18.9 Å². The number of piperidine rings is 2. The van der Waals surface area contributed by atoms with E-state index >= 15 is 0 Å². The van der Waals surface area contributed by atoms with Crippen LogP contribution in [0.1, 0.15) is 48.9 Å². The highest BCUT2D eigenvalue weighted by molar-refractivity contribution is 6.02. The minimum absolute atomic E-state index is 0. The zero-order chi connectivity index (χ0) is 20.1. The average molecular weight is 432 g/mol. The van der Waals surface area contributed by atoms with E-state index in [2.05, 4.69) is 10.2 Å². The molecular weight excluding hydrogens is 402 g/mol. The number of benzene rings is 1. The summed E-state index contributed by atoms with van der Waals surface area (Å²) in [6, 6.07) is 8.55. The molecule has 0 spiro atoms. The van der Waals surface area contributed by atoms with Crippen molar-refractivity contribution in [3.8, 4) is 5.75 Å². The maximum atomic E-state index is 12.7. The van der Waals surface area contributed by atoms with Gasteiger partial charge in [0.25, 0.3) is 11.5 Å². The number of aromatic nitrogens is 1. The Bertz CT molecular complexity index is 991. The molecule has 7 heteroatoms. The summed E-state index contributed by atoms with van der Waals surface area (Å²) in [6.45, 7) is 1.51. The van der Waals surface area contributed by atoms with Gasteiger partial charge >= 0.3 is 0 Å². The molecule has 4 fully saturated rings. The van der Waals surface area contributed by atoms with E-state index in [9.17, 15) is 14.7 Å². The highest BCUT2D eigenvalue weighted by atomic mass is 35.5. The number of aromatic hydroxyl groups is 1. The van der Waals surface area contributed by atoms with E-state index in [4.69, 9.17) is 0 Å². The highest BCUT2D eigenvalue weighted by Crippen LogP contribution is 2.48. The number of amides is 1. The number of nitrogens with zero attached hydrogens (tertiary/aromatic N) is 2. The Morgan fingerprint density at radius 2 is 1.73 bits per heavy atom. The molecule has 2 aliphatic carbocycles. The number of rotatable bonds is 5. The Morgan fingerprint density at radius 1 is 1.10 bits per heavy atom. The molecule has 162 valence electrons. The molecule has 6 rings (SSSR count). The molecule has 0 unspecified atom stereocenters. The first kappa shape index (κ1) is 21.2. The van der Waals surface area contributed by atoms with Gasteiger partial charge in [-0.25, -0.2) is 0 Å². The molecule has 2 saturated carbocycles. The number of para-hydroxylation sites is 1. The fourth-order valence-corrected chi connectivity index (χ4v) is 6.22. The summed E-state index contributed by atoms with van der Waals surface area (Å²) >= 11 is 0.